The molecule has 5 aliphatic carbocycles. The van der Waals surface area contributed by atoms with Gasteiger partial charge in [0.05, 0.1) is 12.2 Å². The molecule has 2 unspecified atom stereocenters. The molecule has 5 aliphatic rings. The summed E-state index contributed by atoms with van der Waals surface area (Å²) in [6.45, 7) is 1.62. The van der Waals surface area contributed by atoms with Gasteiger partial charge in [0.1, 0.15) is 5.56 Å². The van der Waals surface area contributed by atoms with E-state index < -0.39 is 0 Å². The smallest absolute Gasteiger partial charge is 0.256 e. The van der Waals surface area contributed by atoms with Gasteiger partial charge >= 0.3 is 0 Å². The number of hydrogen-bond donors (Lipinski definition) is 2. The highest BCUT2D eigenvalue weighted by molar-refractivity contribution is 5.97. The lowest BCUT2D eigenvalue weighted by Crippen LogP contribution is -2.66. The first-order chi connectivity index (χ1) is 14.5. The summed E-state index contributed by atoms with van der Waals surface area (Å²) in [6, 6.07) is 2.40. The molecular formula is C22H28N6O2. The van der Waals surface area contributed by atoms with E-state index in [1.807, 2.05) is 16.9 Å². The third-order valence-corrected chi connectivity index (χ3v) is 7.64. The van der Waals surface area contributed by atoms with Crippen LogP contribution in [0.25, 0.3) is 5.82 Å². The maximum Gasteiger partial charge on any atom is 0.256 e. The summed E-state index contributed by atoms with van der Waals surface area (Å²) in [6.07, 6.45) is 12.8. The van der Waals surface area contributed by atoms with Crippen molar-refractivity contribution in [2.75, 3.05) is 0 Å². The summed E-state index contributed by atoms with van der Waals surface area (Å²) in [5, 5.41) is 15.5. The molecule has 7 rings (SSSR count). The van der Waals surface area contributed by atoms with Gasteiger partial charge in [0.15, 0.2) is 5.82 Å². The van der Waals surface area contributed by atoms with Gasteiger partial charge in [0.25, 0.3) is 5.91 Å². The van der Waals surface area contributed by atoms with Gasteiger partial charge in [-0.3, -0.25) is 9.59 Å². The van der Waals surface area contributed by atoms with Crippen LogP contribution in [0.15, 0.2) is 24.7 Å². The maximum atomic E-state index is 13.4. The first-order valence-corrected chi connectivity index (χ1v) is 11.2. The molecule has 2 amide bonds. The molecule has 4 bridgehead atoms. The molecule has 2 heterocycles. The van der Waals surface area contributed by atoms with E-state index in [9.17, 15) is 9.59 Å². The predicted octanol–water partition coefficient (Wildman–Crippen LogP) is 2.22. The van der Waals surface area contributed by atoms with E-state index in [0.717, 1.165) is 50.8 Å². The van der Waals surface area contributed by atoms with Gasteiger partial charge in [0, 0.05) is 30.9 Å². The molecule has 2 atom stereocenters. The van der Waals surface area contributed by atoms with Crippen molar-refractivity contribution in [3.63, 3.8) is 0 Å². The highest BCUT2D eigenvalue weighted by atomic mass is 16.2. The van der Waals surface area contributed by atoms with Crippen molar-refractivity contribution >= 4 is 11.8 Å². The second kappa shape index (κ2) is 6.43. The van der Waals surface area contributed by atoms with Crippen LogP contribution in [0.3, 0.4) is 0 Å². The standard InChI is InChI=1S/C22H28N6O2/c1-13(29)26-22-9-14-7-15(10-22)19(16(8-14)11-22)25-20(30)18-12-24-28(17-3-4-17)21(18)27-6-2-5-23-27/h2,5-6,12,14-17,19H,3-4,7-11H2,1H3,(H,25,30)(H,26,29)/t14?,15?,16?,19-,22-. The molecule has 2 N–H and O–H groups in total. The zero-order valence-corrected chi connectivity index (χ0v) is 17.3. The number of amides is 2. The SMILES string of the molecule is CC(=O)N[C@]12CC3CC(C1)[C@@H](NC(=O)c1cnn(C4CC4)c1-n1cccn1)C(C3)C2. The van der Waals surface area contributed by atoms with E-state index in [1.165, 1.54) is 0 Å². The largest absolute Gasteiger partial charge is 0.351 e. The van der Waals surface area contributed by atoms with Crippen LogP contribution in [0, 0.1) is 17.8 Å². The minimum atomic E-state index is -0.0570. The summed E-state index contributed by atoms with van der Waals surface area (Å²) < 4.78 is 3.70. The molecule has 158 valence electrons. The average molecular weight is 409 g/mol. The number of nitrogens with zero attached hydrogens (tertiary/aromatic N) is 4. The third kappa shape index (κ3) is 2.87. The Kier molecular flexibility index (Phi) is 3.89. The Morgan fingerprint density at radius 1 is 1.13 bits per heavy atom. The molecule has 8 heteroatoms. The van der Waals surface area contributed by atoms with Crippen molar-refractivity contribution in [1.29, 1.82) is 0 Å². The lowest BCUT2D eigenvalue weighted by molar-refractivity contribution is -0.125. The van der Waals surface area contributed by atoms with Crippen molar-refractivity contribution < 1.29 is 9.59 Å². The number of hydrogen-bond acceptors (Lipinski definition) is 4. The van der Waals surface area contributed by atoms with Gasteiger partial charge in [-0.15, -0.1) is 0 Å². The quantitative estimate of drug-likeness (QED) is 0.793. The van der Waals surface area contributed by atoms with Crippen LogP contribution in [0.4, 0.5) is 0 Å². The molecule has 5 fully saturated rings. The summed E-state index contributed by atoms with van der Waals surface area (Å²) in [7, 11) is 0. The van der Waals surface area contributed by atoms with Crippen LogP contribution in [-0.4, -0.2) is 43.0 Å². The Labute approximate surface area is 175 Å². The second-order valence-electron chi connectivity index (χ2n) is 9.94. The average Bonchev–Trinajstić information content (AvgIpc) is 3.21. The molecule has 2 aromatic rings. The Morgan fingerprint density at radius 3 is 2.53 bits per heavy atom. The molecule has 0 aliphatic heterocycles. The molecule has 5 saturated carbocycles. The minimum absolute atomic E-state index is 0.0549. The normalized spacial score (nSPS) is 34.2. The van der Waals surface area contributed by atoms with Crippen LogP contribution >= 0.6 is 0 Å². The van der Waals surface area contributed by atoms with Crippen LogP contribution < -0.4 is 10.6 Å². The lowest BCUT2D eigenvalue weighted by Gasteiger charge is -2.60. The topological polar surface area (TPSA) is 93.8 Å². The van der Waals surface area contributed by atoms with Crippen molar-refractivity contribution in [3.8, 4) is 5.82 Å². The molecular weight excluding hydrogens is 380 g/mol. The number of carbonyl (C=O) groups excluding carboxylic acids is 2. The van der Waals surface area contributed by atoms with Crippen molar-refractivity contribution in [2.24, 2.45) is 17.8 Å². The van der Waals surface area contributed by atoms with E-state index in [4.69, 9.17) is 0 Å². The van der Waals surface area contributed by atoms with Crippen molar-refractivity contribution in [2.45, 2.75) is 69.5 Å². The Bertz CT molecular complexity index is 975. The fraction of sp³-hybridized carbons (Fsp3) is 0.636. The Morgan fingerprint density at radius 2 is 1.90 bits per heavy atom. The highest BCUT2D eigenvalue weighted by Crippen LogP contribution is 2.55. The van der Waals surface area contributed by atoms with Crippen LogP contribution in [0.5, 0.6) is 0 Å². The fourth-order valence-electron chi connectivity index (χ4n) is 6.74. The van der Waals surface area contributed by atoms with Crippen LogP contribution in [-0.2, 0) is 4.79 Å². The molecule has 0 spiro atoms. The summed E-state index contributed by atoms with van der Waals surface area (Å²) in [5.41, 5.74) is 0.539. The Hall–Kier alpha value is -2.64. The number of aromatic nitrogens is 4. The monoisotopic (exact) mass is 408 g/mol. The first kappa shape index (κ1) is 18.2. The van der Waals surface area contributed by atoms with Crippen molar-refractivity contribution in [3.05, 3.63) is 30.2 Å². The van der Waals surface area contributed by atoms with E-state index in [-0.39, 0.29) is 23.4 Å². The molecule has 0 aromatic carbocycles. The van der Waals surface area contributed by atoms with Crippen molar-refractivity contribution in [1.82, 2.24) is 30.2 Å². The number of nitrogens with one attached hydrogen (secondary N) is 2. The van der Waals surface area contributed by atoms with Gasteiger partial charge < -0.3 is 10.6 Å². The summed E-state index contributed by atoms with van der Waals surface area (Å²) >= 11 is 0. The molecule has 0 saturated heterocycles. The zero-order valence-electron chi connectivity index (χ0n) is 17.3. The molecule has 0 radical (unpaired) electrons. The van der Waals surface area contributed by atoms with Gasteiger partial charge in [-0.25, -0.2) is 9.36 Å². The molecule has 8 nitrogen and oxygen atoms in total. The first-order valence-electron chi connectivity index (χ1n) is 11.2. The molecule has 2 aromatic heterocycles. The molecule has 30 heavy (non-hydrogen) atoms. The van der Waals surface area contributed by atoms with Gasteiger partial charge in [-0.2, -0.15) is 10.2 Å². The van der Waals surface area contributed by atoms with Gasteiger partial charge in [-0.1, -0.05) is 0 Å². The lowest BCUT2D eigenvalue weighted by atomic mass is 9.51. The van der Waals surface area contributed by atoms with Crippen LogP contribution in [0.2, 0.25) is 0 Å². The number of rotatable bonds is 5. The van der Waals surface area contributed by atoms with E-state index in [1.54, 1.807) is 24.0 Å². The summed E-state index contributed by atoms with van der Waals surface area (Å²) in [5.74, 6) is 2.29. The predicted molar refractivity (Wildman–Crippen MR) is 109 cm³/mol. The number of carbonyl (C=O) groups is 2. The van der Waals surface area contributed by atoms with Gasteiger partial charge in [-0.05, 0) is 68.8 Å². The van der Waals surface area contributed by atoms with Gasteiger partial charge in [0.2, 0.25) is 5.91 Å². The third-order valence-electron chi connectivity index (χ3n) is 7.64. The minimum Gasteiger partial charge on any atom is -0.351 e. The van der Waals surface area contributed by atoms with E-state index in [2.05, 4.69) is 20.8 Å². The Balaban J connectivity index is 1.26. The zero-order chi connectivity index (χ0) is 20.5. The van der Waals surface area contributed by atoms with E-state index in [0.29, 0.717) is 29.4 Å². The highest BCUT2D eigenvalue weighted by Gasteiger charge is 2.56. The summed E-state index contributed by atoms with van der Waals surface area (Å²) in [4.78, 5) is 25.2. The fourth-order valence-corrected chi connectivity index (χ4v) is 6.74. The van der Waals surface area contributed by atoms with E-state index >= 15 is 0 Å². The second-order valence-corrected chi connectivity index (χ2v) is 9.94. The maximum absolute atomic E-state index is 13.4. The van der Waals surface area contributed by atoms with Crippen LogP contribution in [0.1, 0.15) is 68.3 Å².